The molecule has 0 radical (unpaired) electrons. The first-order valence-corrected chi connectivity index (χ1v) is 6.87. The molecule has 2 nitrogen and oxygen atoms in total. The monoisotopic (exact) mass is 252 g/mol. The zero-order valence-corrected chi connectivity index (χ0v) is 11.0. The van der Waals surface area contributed by atoms with Crippen molar-refractivity contribution in [1.82, 2.24) is 4.90 Å². The van der Waals surface area contributed by atoms with Crippen LogP contribution in [0.1, 0.15) is 30.4 Å². The van der Waals surface area contributed by atoms with Crippen LogP contribution in [0.2, 0.25) is 5.02 Å². The Kier molecular flexibility index (Phi) is 4.84. The van der Waals surface area contributed by atoms with Gasteiger partial charge in [-0.1, -0.05) is 23.7 Å². The number of nitrogens with two attached hydrogens (primary N) is 1. The van der Waals surface area contributed by atoms with Crippen molar-refractivity contribution in [1.29, 1.82) is 0 Å². The lowest BCUT2D eigenvalue weighted by atomic mass is 10.1. The van der Waals surface area contributed by atoms with Gasteiger partial charge in [0.25, 0.3) is 0 Å². The number of hydrogen-bond donors (Lipinski definition) is 1. The highest BCUT2D eigenvalue weighted by Gasteiger charge is 2.13. The van der Waals surface area contributed by atoms with Gasteiger partial charge in [0.05, 0.1) is 0 Å². The van der Waals surface area contributed by atoms with Crippen LogP contribution in [0.4, 0.5) is 0 Å². The summed E-state index contributed by atoms with van der Waals surface area (Å²) >= 11 is 6.33. The van der Waals surface area contributed by atoms with Crippen LogP contribution in [-0.4, -0.2) is 24.5 Å². The van der Waals surface area contributed by atoms with E-state index in [0.717, 1.165) is 31.0 Å². The molecule has 94 valence electrons. The summed E-state index contributed by atoms with van der Waals surface area (Å²) in [6.45, 7) is 4.17. The molecule has 0 aromatic heterocycles. The Bertz CT molecular complexity index is 359. The van der Waals surface area contributed by atoms with Crippen molar-refractivity contribution in [2.24, 2.45) is 5.73 Å². The van der Waals surface area contributed by atoms with E-state index in [9.17, 15) is 0 Å². The molecule has 0 bridgehead atoms. The van der Waals surface area contributed by atoms with Crippen LogP contribution in [0.15, 0.2) is 18.2 Å². The summed E-state index contributed by atoms with van der Waals surface area (Å²) in [5, 5.41) is 0.909. The highest BCUT2D eigenvalue weighted by molar-refractivity contribution is 6.31. The first-order chi connectivity index (χ1) is 8.29. The average molecular weight is 253 g/mol. The Morgan fingerprint density at radius 3 is 2.65 bits per heavy atom. The van der Waals surface area contributed by atoms with Crippen LogP contribution in [0.5, 0.6) is 0 Å². The molecule has 1 heterocycles. The van der Waals surface area contributed by atoms with Crippen LogP contribution in [0.3, 0.4) is 0 Å². The largest absolute Gasteiger partial charge is 0.330 e. The van der Waals surface area contributed by atoms with E-state index in [-0.39, 0.29) is 0 Å². The van der Waals surface area contributed by atoms with Crippen LogP contribution in [0, 0.1) is 0 Å². The average Bonchev–Trinajstić information content (AvgIpc) is 2.82. The van der Waals surface area contributed by atoms with Gasteiger partial charge in [-0.25, -0.2) is 0 Å². The fraction of sp³-hybridized carbons (Fsp3) is 0.571. The molecular weight excluding hydrogens is 232 g/mol. The van der Waals surface area contributed by atoms with E-state index in [0.29, 0.717) is 0 Å². The van der Waals surface area contributed by atoms with Crippen molar-refractivity contribution in [3.05, 3.63) is 34.3 Å². The van der Waals surface area contributed by atoms with Crippen molar-refractivity contribution in [3.8, 4) is 0 Å². The molecule has 1 fully saturated rings. The fourth-order valence-corrected chi connectivity index (χ4v) is 2.63. The van der Waals surface area contributed by atoms with Crippen molar-refractivity contribution >= 4 is 11.6 Å². The first-order valence-electron chi connectivity index (χ1n) is 6.49. The third kappa shape index (κ3) is 3.70. The second-order valence-electron chi connectivity index (χ2n) is 4.80. The van der Waals surface area contributed by atoms with Gasteiger partial charge in [0.15, 0.2) is 0 Å². The van der Waals surface area contributed by atoms with E-state index in [1.807, 2.05) is 0 Å². The molecule has 0 amide bonds. The van der Waals surface area contributed by atoms with Crippen molar-refractivity contribution in [2.45, 2.75) is 32.2 Å². The van der Waals surface area contributed by atoms with Crippen molar-refractivity contribution in [3.63, 3.8) is 0 Å². The standard InChI is InChI=1S/C14H21ClN2/c15-14-10-12(4-3-7-16)5-6-13(14)11-17-8-1-2-9-17/h5-6,10H,1-4,7-9,11,16H2. The van der Waals surface area contributed by atoms with Gasteiger partial charge in [-0.05, 0) is 62.5 Å². The first kappa shape index (κ1) is 12.9. The minimum atomic E-state index is 0.743. The smallest absolute Gasteiger partial charge is 0.0453 e. The zero-order valence-electron chi connectivity index (χ0n) is 10.3. The van der Waals surface area contributed by atoms with E-state index < -0.39 is 0 Å². The Hall–Kier alpha value is -0.570. The normalized spacial score (nSPS) is 16.6. The topological polar surface area (TPSA) is 29.3 Å². The molecule has 1 saturated heterocycles. The third-order valence-electron chi connectivity index (χ3n) is 3.38. The maximum atomic E-state index is 6.33. The SMILES string of the molecule is NCCCc1ccc(CN2CCCC2)c(Cl)c1. The molecule has 2 N–H and O–H groups in total. The van der Waals surface area contributed by atoms with Crippen LogP contribution >= 0.6 is 11.6 Å². The lowest BCUT2D eigenvalue weighted by Gasteiger charge is -2.16. The number of halogens is 1. The molecule has 1 aromatic rings. The van der Waals surface area contributed by atoms with Crippen LogP contribution in [-0.2, 0) is 13.0 Å². The molecule has 1 aliphatic rings. The Morgan fingerprint density at radius 2 is 2.00 bits per heavy atom. The zero-order chi connectivity index (χ0) is 12.1. The summed E-state index contributed by atoms with van der Waals surface area (Å²) < 4.78 is 0. The molecule has 17 heavy (non-hydrogen) atoms. The van der Waals surface area contributed by atoms with Gasteiger partial charge in [0.2, 0.25) is 0 Å². The number of aryl methyl sites for hydroxylation is 1. The predicted octanol–water partition coefficient (Wildman–Crippen LogP) is 2.83. The maximum Gasteiger partial charge on any atom is 0.0453 e. The van der Waals surface area contributed by atoms with Gasteiger partial charge in [-0.3, -0.25) is 4.90 Å². The van der Waals surface area contributed by atoms with Crippen molar-refractivity contribution < 1.29 is 0 Å². The number of benzene rings is 1. The van der Waals surface area contributed by atoms with E-state index in [1.165, 1.54) is 37.1 Å². The Labute approximate surface area is 109 Å². The molecule has 2 rings (SSSR count). The molecular formula is C14H21ClN2. The van der Waals surface area contributed by atoms with E-state index >= 15 is 0 Å². The minimum absolute atomic E-state index is 0.743. The minimum Gasteiger partial charge on any atom is -0.330 e. The number of rotatable bonds is 5. The molecule has 1 aliphatic heterocycles. The van der Waals surface area contributed by atoms with Gasteiger partial charge in [0.1, 0.15) is 0 Å². The number of likely N-dealkylation sites (tertiary alicyclic amines) is 1. The molecule has 0 spiro atoms. The number of nitrogens with zero attached hydrogens (tertiary/aromatic N) is 1. The number of hydrogen-bond acceptors (Lipinski definition) is 2. The van der Waals surface area contributed by atoms with Crippen LogP contribution in [0.25, 0.3) is 0 Å². The lowest BCUT2D eigenvalue weighted by Crippen LogP contribution is -2.18. The fourth-order valence-electron chi connectivity index (χ4n) is 2.36. The molecule has 0 aliphatic carbocycles. The van der Waals surface area contributed by atoms with Gasteiger partial charge < -0.3 is 5.73 Å². The third-order valence-corrected chi connectivity index (χ3v) is 3.73. The van der Waals surface area contributed by atoms with Gasteiger partial charge in [0, 0.05) is 11.6 Å². The van der Waals surface area contributed by atoms with Gasteiger partial charge in [-0.15, -0.1) is 0 Å². The second kappa shape index (κ2) is 6.39. The lowest BCUT2D eigenvalue weighted by molar-refractivity contribution is 0.331. The Balaban J connectivity index is 1.98. The summed E-state index contributed by atoms with van der Waals surface area (Å²) in [6.07, 6.45) is 4.71. The molecule has 3 heteroatoms. The summed E-state index contributed by atoms with van der Waals surface area (Å²) in [4.78, 5) is 2.47. The quantitative estimate of drug-likeness (QED) is 0.873. The summed E-state index contributed by atoms with van der Waals surface area (Å²) in [5.41, 5.74) is 8.07. The van der Waals surface area contributed by atoms with Crippen LogP contribution < -0.4 is 5.73 Å². The predicted molar refractivity (Wildman–Crippen MR) is 73.3 cm³/mol. The van der Waals surface area contributed by atoms with E-state index in [4.69, 9.17) is 17.3 Å². The molecule has 0 atom stereocenters. The summed E-state index contributed by atoms with van der Waals surface area (Å²) in [6, 6.07) is 6.46. The Morgan fingerprint density at radius 1 is 1.24 bits per heavy atom. The molecule has 1 aromatic carbocycles. The summed E-state index contributed by atoms with van der Waals surface area (Å²) in [7, 11) is 0. The highest BCUT2D eigenvalue weighted by Crippen LogP contribution is 2.22. The highest BCUT2D eigenvalue weighted by atomic mass is 35.5. The van der Waals surface area contributed by atoms with Crippen molar-refractivity contribution in [2.75, 3.05) is 19.6 Å². The molecule has 0 unspecified atom stereocenters. The maximum absolute atomic E-state index is 6.33. The second-order valence-corrected chi connectivity index (χ2v) is 5.21. The van der Waals surface area contributed by atoms with Gasteiger partial charge in [-0.2, -0.15) is 0 Å². The van der Waals surface area contributed by atoms with E-state index in [2.05, 4.69) is 23.1 Å². The summed E-state index contributed by atoms with van der Waals surface area (Å²) in [5.74, 6) is 0. The molecule has 0 saturated carbocycles. The van der Waals surface area contributed by atoms with Gasteiger partial charge >= 0.3 is 0 Å². The van der Waals surface area contributed by atoms with E-state index in [1.54, 1.807) is 0 Å².